The van der Waals surface area contributed by atoms with Crippen LogP contribution in [-0.4, -0.2) is 32.3 Å². The number of rotatable bonds is 5. The highest BCUT2D eigenvalue weighted by atomic mass is 16.5. The van der Waals surface area contributed by atoms with Crippen LogP contribution in [0, 0.1) is 18.3 Å². The maximum Gasteiger partial charge on any atom is 0.262 e. The number of nitrogens with one attached hydrogen (secondary N) is 1. The van der Waals surface area contributed by atoms with E-state index in [2.05, 4.69) is 5.32 Å². The zero-order chi connectivity index (χ0) is 15.9. The summed E-state index contributed by atoms with van der Waals surface area (Å²) < 4.78 is 10.6. The van der Waals surface area contributed by atoms with Crippen molar-refractivity contribution in [1.82, 2.24) is 5.32 Å². The third-order valence-corrected chi connectivity index (χ3v) is 3.66. The third kappa shape index (κ3) is 4.09. The normalized spacial score (nSPS) is 17.9. The van der Waals surface area contributed by atoms with Gasteiger partial charge in [-0.05, 0) is 49.1 Å². The number of hydrogen-bond donors (Lipinski definition) is 1. The van der Waals surface area contributed by atoms with Gasteiger partial charge in [-0.2, -0.15) is 5.26 Å². The number of amides is 1. The average Bonchev–Trinajstić information content (AvgIpc) is 3.04. The molecule has 0 saturated carbocycles. The molecular weight excluding hydrogens is 280 g/mol. The Bertz CT molecular complexity index is 611. The standard InChI is InChI=1S/C17H20N2O3/c1-12-8-15(21-2)6-5-13(12)9-14(10-18)17(20)19-11-16-4-3-7-22-16/h5-6,8-9,16H,3-4,7,11H2,1-2H3,(H,19,20)/b14-9-/t16-/m1/s1. The molecule has 1 saturated heterocycles. The van der Waals surface area contributed by atoms with E-state index in [4.69, 9.17) is 9.47 Å². The highest BCUT2D eigenvalue weighted by Crippen LogP contribution is 2.19. The summed E-state index contributed by atoms with van der Waals surface area (Å²) >= 11 is 0. The van der Waals surface area contributed by atoms with Gasteiger partial charge in [0.1, 0.15) is 17.4 Å². The molecule has 0 radical (unpaired) electrons. The Hall–Kier alpha value is -2.32. The monoisotopic (exact) mass is 300 g/mol. The highest BCUT2D eigenvalue weighted by molar-refractivity contribution is 6.01. The van der Waals surface area contributed by atoms with Gasteiger partial charge in [0.2, 0.25) is 0 Å². The topological polar surface area (TPSA) is 71.3 Å². The Balaban J connectivity index is 2.06. The molecule has 116 valence electrons. The Morgan fingerprint density at radius 3 is 3.00 bits per heavy atom. The van der Waals surface area contributed by atoms with E-state index in [0.29, 0.717) is 6.54 Å². The van der Waals surface area contributed by atoms with E-state index >= 15 is 0 Å². The first-order chi connectivity index (χ1) is 10.6. The van der Waals surface area contributed by atoms with Crippen LogP contribution in [0.3, 0.4) is 0 Å². The second-order valence-corrected chi connectivity index (χ2v) is 5.24. The number of nitrogens with zero attached hydrogens (tertiary/aromatic N) is 1. The Labute approximate surface area is 130 Å². The molecule has 0 bridgehead atoms. The van der Waals surface area contributed by atoms with Crippen molar-refractivity contribution >= 4 is 12.0 Å². The summed E-state index contributed by atoms with van der Waals surface area (Å²) in [5.41, 5.74) is 1.86. The van der Waals surface area contributed by atoms with Gasteiger partial charge in [-0.1, -0.05) is 6.07 Å². The van der Waals surface area contributed by atoms with Crippen molar-refractivity contribution in [3.8, 4) is 11.8 Å². The quantitative estimate of drug-likeness (QED) is 0.668. The number of ether oxygens (including phenoxy) is 2. The molecule has 1 N–H and O–H groups in total. The molecule has 1 heterocycles. The van der Waals surface area contributed by atoms with Gasteiger partial charge in [0.05, 0.1) is 13.2 Å². The second kappa shape index (κ2) is 7.62. The molecule has 0 spiro atoms. The van der Waals surface area contributed by atoms with Crippen LogP contribution in [-0.2, 0) is 9.53 Å². The minimum absolute atomic E-state index is 0.0617. The minimum atomic E-state index is -0.367. The van der Waals surface area contributed by atoms with E-state index in [1.807, 2.05) is 25.1 Å². The summed E-state index contributed by atoms with van der Waals surface area (Å²) in [6.45, 7) is 3.10. The van der Waals surface area contributed by atoms with Crippen molar-refractivity contribution in [2.75, 3.05) is 20.3 Å². The molecule has 1 aromatic carbocycles. The van der Waals surface area contributed by atoms with E-state index in [9.17, 15) is 10.1 Å². The summed E-state index contributed by atoms with van der Waals surface area (Å²) in [7, 11) is 1.60. The molecule has 1 atom stereocenters. The van der Waals surface area contributed by atoms with E-state index in [0.717, 1.165) is 36.3 Å². The molecule has 0 aliphatic carbocycles. The Morgan fingerprint density at radius 2 is 2.41 bits per heavy atom. The molecule has 22 heavy (non-hydrogen) atoms. The maximum atomic E-state index is 12.1. The predicted octanol–water partition coefficient (Wildman–Crippen LogP) is 2.21. The van der Waals surface area contributed by atoms with E-state index in [1.54, 1.807) is 19.3 Å². The van der Waals surface area contributed by atoms with Gasteiger partial charge in [-0.25, -0.2) is 0 Å². The summed E-state index contributed by atoms with van der Waals surface area (Å²) in [6, 6.07) is 7.46. The molecular formula is C17H20N2O3. The number of benzene rings is 1. The summed E-state index contributed by atoms with van der Waals surface area (Å²) in [5, 5.41) is 12.0. The molecule has 5 heteroatoms. The SMILES string of the molecule is COc1ccc(/C=C(/C#N)C(=O)NC[C@H]2CCCO2)c(C)c1. The predicted molar refractivity (Wildman–Crippen MR) is 83.3 cm³/mol. The number of hydrogen-bond acceptors (Lipinski definition) is 4. The van der Waals surface area contributed by atoms with Crippen molar-refractivity contribution in [3.63, 3.8) is 0 Å². The van der Waals surface area contributed by atoms with Crippen molar-refractivity contribution in [2.45, 2.75) is 25.9 Å². The van der Waals surface area contributed by atoms with Gasteiger partial charge in [-0.3, -0.25) is 4.79 Å². The zero-order valence-electron chi connectivity index (χ0n) is 12.9. The van der Waals surface area contributed by atoms with Crippen LogP contribution in [0.25, 0.3) is 6.08 Å². The molecule has 2 rings (SSSR count). The van der Waals surface area contributed by atoms with Crippen LogP contribution in [0.15, 0.2) is 23.8 Å². The molecule has 1 amide bonds. The largest absolute Gasteiger partial charge is 0.497 e. The van der Waals surface area contributed by atoms with Gasteiger partial charge >= 0.3 is 0 Å². The number of methoxy groups -OCH3 is 1. The lowest BCUT2D eigenvalue weighted by molar-refractivity contribution is -0.117. The van der Waals surface area contributed by atoms with Gasteiger partial charge in [0.15, 0.2) is 0 Å². The summed E-state index contributed by atoms with van der Waals surface area (Å²) in [4.78, 5) is 12.1. The van der Waals surface area contributed by atoms with Crippen LogP contribution in [0.4, 0.5) is 0 Å². The van der Waals surface area contributed by atoms with Crippen molar-refractivity contribution in [2.24, 2.45) is 0 Å². The average molecular weight is 300 g/mol. The lowest BCUT2D eigenvalue weighted by Gasteiger charge is -2.10. The molecule has 1 fully saturated rings. The highest BCUT2D eigenvalue weighted by Gasteiger charge is 2.17. The van der Waals surface area contributed by atoms with E-state index < -0.39 is 0 Å². The van der Waals surface area contributed by atoms with E-state index in [-0.39, 0.29) is 17.6 Å². The van der Waals surface area contributed by atoms with Gasteiger partial charge in [-0.15, -0.1) is 0 Å². The van der Waals surface area contributed by atoms with Crippen molar-refractivity contribution in [1.29, 1.82) is 5.26 Å². The summed E-state index contributed by atoms with van der Waals surface area (Å²) in [5.74, 6) is 0.379. The zero-order valence-corrected chi connectivity index (χ0v) is 12.9. The number of aryl methyl sites for hydroxylation is 1. The van der Waals surface area contributed by atoms with E-state index in [1.165, 1.54) is 0 Å². The maximum absolute atomic E-state index is 12.1. The molecule has 0 unspecified atom stereocenters. The lowest BCUT2D eigenvalue weighted by Crippen LogP contribution is -2.32. The van der Waals surface area contributed by atoms with Crippen LogP contribution in [0.1, 0.15) is 24.0 Å². The fraction of sp³-hybridized carbons (Fsp3) is 0.412. The minimum Gasteiger partial charge on any atom is -0.497 e. The number of carbonyl (C=O) groups excluding carboxylic acids is 1. The molecule has 0 aromatic heterocycles. The fourth-order valence-electron chi connectivity index (χ4n) is 2.35. The van der Waals surface area contributed by atoms with Gasteiger partial charge in [0, 0.05) is 13.2 Å². The smallest absolute Gasteiger partial charge is 0.262 e. The molecule has 1 aromatic rings. The van der Waals surface area contributed by atoms with Crippen LogP contribution in [0.5, 0.6) is 5.75 Å². The molecule has 1 aliphatic rings. The molecule has 1 aliphatic heterocycles. The first-order valence-corrected chi connectivity index (χ1v) is 7.30. The van der Waals surface area contributed by atoms with Crippen molar-refractivity contribution < 1.29 is 14.3 Å². The van der Waals surface area contributed by atoms with Crippen LogP contribution < -0.4 is 10.1 Å². The Morgan fingerprint density at radius 1 is 1.59 bits per heavy atom. The summed E-state index contributed by atoms with van der Waals surface area (Å²) in [6.07, 6.45) is 3.63. The van der Waals surface area contributed by atoms with Gasteiger partial charge < -0.3 is 14.8 Å². The number of nitriles is 1. The first-order valence-electron chi connectivity index (χ1n) is 7.30. The lowest BCUT2D eigenvalue weighted by atomic mass is 10.1. The first kappa shape index (κ1) is 16.1. The number of carbonyl (C=O) groups is 1. The van der Waals surface area contributed by atoms with Crippen LogP contribution >= 0.6 is 0 Å². The third-order valence-electron chi connectivity index (χ3n) is 3.66. The van der Waals surface area contributed by atoms with Crippen molar-refractivity contribution in [3.05, 3.63) is 34.9 Å². The molecule has 5 nitrogen and oxygen atoms in total. The Kier molecular flexibility index (Phi) is 5.56. The fourth-order valence-corrected chi connectivity index (χ4v) is 2.35. The van der Waals surface area contributed by atoms with Crippen LogP contribution in [0.2, 0.25) is 0 Å². The second-order valence-electron chi connectivity index (χ2n) is 5.24. The van der Waals surface area contributed by atoms with Gasteiger partial charge in [0.25, 0.3) is 5.91 Å².